The van der Waals surface area contributed by atoms with Crippen molar-refractivity contribution in [3.63, 3.8) is 0 Å². The van der Waals surface area contributed by atoms with E-state index in [-0.39, 0.29) is 0 Å². The van der Waals surface area contributed by atoms with Crippen molar-refractivity contribution in [1.29, 1.82) is 0 Å². The molecule has 96 valence electrons. The van der Waals surface area contributed by atoms with E-state index in [4.69, 9.17) is 0 Å². The van der Waals surface area contributed by atoms with Gasteiger partial charge in [0, 0.05) is 26.4 Å². The van der Waals surface area contributed by atoms with Crippen LogP contribution in [0.4, 0.5) is 0 Å². The highest BCUT2D eigenvalue weighted by molar-refractivity contribution is 9.13. The van der Waals surface area contributed by atoms with Gasteiger partial charge in [-0.2, -0.15) is 0 Å². The maximum Gasteiger partial charge on any atom is 0.0843 e. The number of rotatable bonds is 4. The Labute approximate surface area is 136 Å². The maximum atomic E-state index is 3.53. The van der Waals surface area contributed by atoms with E-state index in [0.29, 0.717) is 6.04 Å². The topological polar surface area (TPSA) is 12.0 Å². The molecule has 1 nitrogen and oxygen atoms in total. The van der Waals surface area contributed by atoms with Gasteiger partial charge in [0.1, 0.15) is 0 Å². The molecule has 0 saturated heterocycles. The van der Waals surface area contributed by atoms with E-state index in [1.54, 1.807) is 11.3 Å². The molecule has 0 aliphatic heterocycles. The third kappa shape index (κ3) is 3.90. The minimum Gasteiger partial charge on any atom is -0.305 e. The summed E-state index contributed by atoms with van der Waals surface area (Å²) in [4.78, 5) is 1.32. The number of hydrogen-bond donors (Lipinski definition) is 1. The fourth-order valence-corrected chi connectivity index (χ4v) is 4.17. The molecular formula is C13H12Br3NS. The van der Waals surface area contributed by atoms with Crippen molar-refractivity contribution >= 4 is 59.1 Å². The second-order valence-electron chi connectivity index (χ2n) is 3.99. The van der Waals surface area contributed by atoms with Gasteiger partial charge < -0.3 is 5.32 Å². The minimum absolute atomic E-state index is 0.335. The van der Waals surface area contributed by atoms with E-state index in [2.05, 4.69) is 84.3 Å². The highest BCUT2D eigenvalue weighted by Crippen LogP contribution is 2.32. The van der Waals surface area contributed by atoms with Gasteiger partial charge >= 0.3 is 0 Å². The van der Waals surface area contributed by atoms with Crippen molar-refractivity contribution in [2.75, 3.05) is 0 Å². The summed E-state index contributed by atoms with van der Waals surface area (Å²) in [5, 5.41) is 3.53. The zero-order chi connectivity index (χ0) is 13.1. The van der Waals surface area contributed by atoms with E-state index >= 15 is 0 Å². The van der Waals surface area contributed by atoms with Crippen LogP contribution in [0.1, 0.15) is 23.4 Å². The largest absolute Gasteiger partial charge is 0.305 e. The van der Waals surface area contributed by atoms with E-state index in [1.165, 1.54) is 10.4 Å². The van der Waals surface area contributed by atoms with E-state index in [1.807, 2.05) is 6.07 Å². The molecule has 18 heavy (non-hydrogen) atoms. The molecule has 1 N–H and O–H groups in total. The van der Waals surface area contributed by atoms with Crippen molar-refractivity contribution < 1.29 is 0 Å². The average Bonchev–Trinajstić information content (AvgIpc) is 2.66. The molecule has 5 heteroatoms. The molecule has 1 atom stereocenters. The van der Waals surface area contributed by atoms with Gasteiger partial charge in [0.25, 0.3) is 0 Å². The second kappa shape index (κ2) is 6.66. The zero-order valence-electron chi connectivity index (χ0n) is 9.71. The fraction of sp³-hybridized carbons (Fsp3) is 0.231. The first kappa shape index (κ1) is 14.7. The lowest BCUT2D eigenvalue weighted by Crippen LogP contribution is -2.17. The van der Waals surface area contributed by atoms with Gasteiger partial charge in [0.05, 0.1) is 3.79 Å². The van der Waals surface area contributed by atoms with Gasteiger partial charge in [0.15, 0.2) is 0 Å². The molecule has 2 aromatic rings. The Bertz CT molecular complexity index is 519. The number of halogens is 3. The molecule has 0 spiro atoms. The molecule has 1 heterocycles. The van der Waals surface area contributed by atoms with E-state index in [9.17, 15) is 0 Å². The summed E-state index contributed by atoms with van der Waals surface area (Å²) < 4.78 is 3.39. The number of nitrogens with one attached hydrogen (secondary N) is 1. The van der Waals surface area contributed by atoms with Crippen molar-refractivity contribution in [2.45, 2.75) is 19.5 Å². The Morgan fingerprint density at radius 3 is 2.61 bits per heavy atom. The van der Waals surface area contributed by atoms with Crippen LogP contribution in [-0.4, -0.2) is 0 Å². The first-order valence-corrected chi connectivity index (χ1v) is 8.68. The highest BCUT2D eigenvalue weighted by Gasteiger charge is 2.08. The number of benzene rings is 1. The van der Waals surface area contributed by atoms with Gasteiger partial charge in [-0.05, 0) is 62.5 Å². The molecule has 0 amide bonds. The summed E-state index contributed by atoms with van der Waals surface area (Å²) in [5.74, 6) is 0. The van der Waals surface area contributed by atoms with Crippen molar-refractivity contribution in [2.24, 2.45) is 0 Å². The molecule has 0 aliphatic carbocycles. The molecule has 0 fully saturated rings. The smallest absolute Gasteiger partial charge is 0.0843 e. The third-order valence-electron chi connectivity index (χ3n) is 2.63. The van der Waals surface area contributed by atoms with Gasteiger partial charge in [-0.15, -0.1) is 11.3 Å². The molecule has 1 aromatic heterocycles. The number of thiophene rings is 1. The Balaban J connectivity index is 1.98. The lowest BCUT2D eigenvalue weighted by atomic mass is 10.1. The van der Waals surface area contributed by atoms with E-state index < -0.39 is 0 Å². The molecule has 0 aliphatic rings. The van der Waals surface area contributed by atoms with Crippen LogP contribution in [0.2, 0.25) is 0 Å². The summed E-state index contributed by atoms with van der Waals surface area (Å²) in [5.41, 5.74) is 1.29. The molecule has 1 unspecified atom stereocenters. The minimum atomic E-state index is 0.335. The summed E-state index contributed by atoms with van der Waals surface area (Å²) in [6.07, 6.45) is 0. The van der Waals surface area contributed by atoms with Crippen LogP contribution >= 0.6 is 59.1 Å². The van der Waals surface area contributed by atoms with Crippen LogP contribution in [0, 0.1) is 0 Å². The molecule has 0 bridgehead atoms. The summed E-state index contributed by atoms with van der Waals surface area (Å²) in [6.45, 7) is 3.06. The monoisotopic (exact) mass is 451 g/mol. The van der Waals surface area contributed by atoms with Crippen LogP contribution < -0.4 is 5.32 Å². The van der Waals surface area contributed by atoms with Crippen molar-refractivity contribution in [3.05, 3.63) is 53.5 Å². The Morgan fingerprint density at radius 2 is 2.00 bits per heavy atom. The van der Waals surface area contributed by atoms with Gasteiger partial charge in [-0.25, -0.2) is 0 Å². The van der Waals surface area contributed by atoms with Crippen LogP contribution in [0.15, 0.2) is 43.1 Å². The Hall–Kier alpha value is 0.320. The van der Waals surface area contributed by atoms with Crippen LogP contribution in [0.5, 0.6) is 0 Å². The third-order valence-corrected chi connectivity index (χ3v) is 6.38. The standard InChI is InChI=1S/C13H12Br3NS/c1-8(9-3-2-4-10(14)5-9)17-7-11-6-12(15)13(16)18-11/h2-6,8,17H,7H2,1H3. The highest BCUT2D eigenvalue weighted by atomic mass is 79.9. The zero-order valence-corrected chi connectivity index (χ0v) is 15.3. The lowest BCUT2D eigenvalue weighted by molar-refractivity contribution is 0.578. The van der Waals surface area contributed by atoms with Gasteiger partial charge in [0.2, 0.25) is 0 Å². The maximum absolute atomic E-state index is 3.53. The van der Waals surface area contributed by atoms with Gasteiger partial charge in [-0.1, -0.05) is 28.1 Å². The Kier molecular flexibility index (Phi) is 5.45. The SMILES string of the molecule is CC(NCc1cc(Br)c(Br)s1)c1cccc(Br)c1. The summed E-state index contributed by atoms with van der Waals surface area (Å²) >= 11 is 12.3. The second-order valence-corrected chi connectivity index (χ2v) is 8.22. The van der Waals surface area contributed by atoms with Crippen molar-refractivity contribution in [3.8, 4) is 0 Å². The predicted molar refractivity (Wildman–Crippen MR) is 89.1 cm³/mol. The summed E-state index contributed by atoms with van der Waals surface area (Å²) in [6, 6.07) is 10.9. The van der Waals surface area contributed by atoms with Crippen molar-refractivity contribution in [1.82, 2.24) is 5.32 Å². The fourth-order valence-electron chi connectivity index (χ4n) is 1.63. The lowest BCUT2D eigenvalue weighted by Gasteiger charge is -2.13. The molecular weight excluding hydrogens is 442 g/mol. The van der Waals surface area contributed by atoms with Crippen LogP contribution in [-0.2, 0) is 6.54 Å². The first-order chi connectivity index (χ1) is 8.56. The predicted octanol–water partition coefficient (Wildman–Crippen LogP) is 5.89. The van der Waals surface area contributed by atoms with Gasteiger partial charge in [-0.3, -0.25) is 0 Å². The quantitative estimate of drug-likeness (QED) is 0.609. The molecule has 1 aromatic carbocycles. The average molecular weight is 454 g/mol. The molecule has 0 radical (unpaired) electrons. The van der Waals surface area contributed by atoms with Crippen LogP contribution in [0.3, 0.4) is 0 Å². The van der Waals surface area contributed by atoms with Crippen LogP contribution in [0.25, 0.3) is 0 Å². The molecule has 2 rings (SSSR count). The Morgan fingerprint density at radius 1 is 1.22 bits per heavy atom. The summed E-state index contributed by atoms with van der Waals surface area (Å²) in [7, 11) is 0. The molecule has 0 saturated carbocycles. The van der Waals surface area contributed by atoms with E-state index in [0.717, 1.165) is 19.3 Å². The first-order valence-electron chi connectivity index (χ1n) is 5.49. The number of hydrogen-bond acceptors (Lipinski definition) is 2. The normalized spacial score (nSPS) is 12.7.